The summed E-state index contributed by atoms with van der Waals surface area (Å²) in [6.45, 7) is 0.113. The molecule has 2 aromatic carbocycles. The summed E-state index contributed by atoms with van der Waals surface area (Å²) in [5.41, 5.74) is 1.72. The average Bonchev–Trinajstić information content (AvgIpc) is 2.60. The molecular formula is C17H18N2O4. The number of hydrogen-bond donors (Lipinski definition) is 2. The lowest BCUT2D eigenvalue weighted by Gasteiger charge is -2.16. The third-order valence-corrected chi connectivity index (χ3v) is 3.19. The van der Waals surface area contributed by atoms with Gasteiger partial charge in [-0.15, -0.1) is 0 Å². The number of carbonyl (C=O) groups excluding carboxylic acids is 2. The van der Waals surface area contributed by atoms with Gasteiger partial charge in [0.25, 0.3) is 0 Å². The maximum absolute atomic E-state index is 11.9. The van der Waals surface area contributed by atoms with E-state index < -0.39 is 18.1 Å². The second-order valence-electron chi connectivity index (χ2n) is 4.89. The molecule has 3 N–H and O–H groups in total. The first-order chi connectivity index (χ1) is 11.2. The molecule has 1 amide bonds. The Bertz CT molecular complexity index is 632. The molecule has 6 nitrogen and oxygen atoms in total. The standard InChI is InChI=1S/C17H18N2O4/c18-23-16(20)15(11-13-7-3-1-4-8-13)19-17(21)22-12-14-9-5-2-6-10-14/h1-10,15H,11-12,18H2,(H,19,21)/t15-/m0/s1. The Morgan fingerprint density at radius 2 is 1.52 bits per heavy atom. The fraction of sp³-hybridized carbons (Fsp3) is 0.176. The van der Waals surface area contributed by atoms with Crippen LogP contribution in [0.25, 0.3) is 0 Å². The molecule has 120 valence electrons. The summed E-state index contributed by atoms with van der Waals surface area (Å²) in [6.07, 6.45) is -0.447. The number of benzene rings is 2. The van der Waals surface area contributed by atoms with Crippen molar-refractivity contribution in [3.8, 4) is 0 Å². The highest BCUT2D eigenvalue weighted by Gasteiger charge is 2.23. The summed E-state index contributed by atoms with van der Waals surface area (Å²) >= 11 is 0. The van der Waals surface area contributed by atoms with E-state index in [2.05, 4.69) is 10.2 Å². The van der Waals surface area contributed by atoms with E-state index in [1.165, 1.54) is 0 Å². The second kappa shape index (κ2) is 8.55. The van der Waals surface area contributed by atoms with Crippen LogP contribution in [-0.2, 0) is 27.4 Å². The van der Waals surface area contributed by atoms with Crippen LogP contribution in [0.2, 0.25) is 0 Å². The lowest BCUT2D eigenvalue weighted by molar-refractivity contribution is -0.146. The highest BCUT2D eigenvalue weighted by atomic mass is 16.7. The first-order valence-electron chi connectivity index (χ1n) is 7.10. The Kier molecular flexibility index (Phi) is 6.14. The molecule has 0 unspecified atom stereocenters. The average molecular weight is 314 g/mol. The van der Waals surface area contributed by atoms with E-state index in [9.17, 15) is 9.59 Å². The number of rotatable bonds is 6. The highest BCUT2D eigenvalue weighted by molar-refractivity contribution is 5.81. The van der Waals surface area contributed by atoms with Gasteiger partial charge >= 0.3 is 12.1 Å². The van der Waals surface area contributed by atoms with E-state index in [1.807, 2.05) is 60.7 Å². The Labute approximate surface area is 134 Å². The first kappa shape index (κ1) is 16.5. The Hall–Kier alpha value is -2.86. The van der Waals surface area contributed by atoms with Crippen molar-refractivity contribution in [3.63, 3.8) is 0 Å². The molecular weight excluding hydrogens is 296 g/mol. The SMILES string of the molecule is NOC(=O)[C@H](Cc1ccccc1)NC(=O)OCc1ccccc1. The van der Waals surface area contributed by atoms with Crippen molar-refractivity contribution in [3.05, 3.63) is 71.8 Å². The van der Waals surface area contributed by atoms with Gasteiger partial charge < -0.3 is 14.9 Å². The lowest BCUT2D eigenvalue weighted by Crippen LogP contribution is -2.44. The van der Waals surface area contributed by atoms with Crippen LogP contribution in [0, 0.1) is 0 Å². The Balaban J connectivity index is 1.91. The maximum atomic E-state index is 11.9. The van der Waals surface area contributed by atoms with E-state index >= 15 is 0 Å². The summed E-state index contributed by atoms with van der Waals surface area (Å²) in [7, 11) is 0. The minimum Gasteiger partial charge on any atom is -0.445 e. The minimum absolute atomic E-state index is 0.113. The molecule has 0 aliphatic heterocycles. The van der Waals surface area contributed by atoms with Gasteiger partial charge in [0.05, 0.1) is 0 Å². The van der Waals surface area contributed by atoms with Crippen LogP contribution in [0.4, 0.5) is 4.79 Å². The summed E-state index contributed by atoms with van der Waals surface area (Å²) in [6, 6.07) is 17.6. The van der Waals surface area contributed by atoms with E-state index in [4.69, 9.17) is 10.6 Å². The van der Waals surface area contributed by atoms with Crippen LogP contribution in [-0.4, -0.2) is 18.1 Å². The molecule has 2 aromatic rings. The zero-order valence-electron chi connectivity index (χ0n) is 12.5. The van der Waals surface area contributed by atoms with Crippen molar-refractivity contribution in [2.24, 2.45) is 5.90 Å². The van der Waals surface area contributed by atoms with Gasteiger partial charge in [0.15, 0.2) is 0 Å². The molecule has 0 fully saturated rings. The van der Waals surface area contributed by atoms with Gasteiger partial charge in [-0.05, 0) is 11.1 Å². The fourth-order valence-electron chi connectivity index (χ4n) is 2.03. The molecule has 0 radical (unpaired) electrons. The van der Waals surface area contributed by atoms with Crippen molar-refractivity contribution in [1.29, 1.82) is 0 Å². The fourth-order valence-corrected chi connectivity index (χ4v) is 2.03. The molecule has 0 saturated heterocycles. The smallest absolute Gasteiger partial charge is 0.408 e. The Morgan fingerprint density at radius 1 is 0.957 bits per heavy atom. The van der Waals surface area contributed by atoms with Gasteiger partial charge in [0.2, 0.25) is 0 Å². The molecule has 0 heterocycles. The summed E-state index contributed by atoms with van der Waals surface area (Å²) < 4.78 is 5.09. The van der Waals surface area contributed by atoms with E-state index in [0.717, 1.165) is 11.1 Å². The van der Waals surface area contributed by atoms with Gasteiger partial charge in [-0.2, -0.15) is 5.90 Å². The van der Waals surface area contributed by atoms with E-state index in [0.29, 0.717) is 0 Å². The number of nitrogens with one attached hydrogen (secondary N) is 1. The quantitative estimate of drug-likeness (QED) is 0.795. The molecule has 23 heavy (non-hydrogen) atoms. The Morgan fingerprint density at radius 3 is 2.09 bits per heavy atom. The molecule has 6 heteroatoms. The summed E-state index contributed by atoms with van der Waals surface area (Å²) in [5.74, 6) is 4.19. The number of nitrogens with two attached hydrogens (primary N) is 1. The summed E-state index contributed by atoms with van der Waals surface area (Å²) in [4.78, 5) is 27.8. The number of carbonyl (C=O) groups is 2. The monoisotopic (exact) mass is 314 g/mol. The van der Waals surface area contributed by atoms with Gasteiger partial charge in [0.1, 0.15) is 12.6 Å². The van der Waals surface area contributed by atoms with E-state index in [1.54, 1.807) is 0 Å². The molecule has 0 bridgehead atoms. The van der Waals surface area contributed by atoms with Gasteiger partial charge in [-0.1, -0.05) is 60.7 Å². The van der Waals surface area contributed by atoms with Gasteiger partial charge in [-0.3, -0.25) is 0 Å². The number of amides is 1. The number of alkyl carbamates (subject to hydrolysis) is 1. The molecule has 0 aliphatic carbocycles. The van der Waals surface area contributed by atoms with E-state index in [-0.39, 0.29) is 13.0 Å². The van der Waals surface area contributed by atoms with Crippen LogP contribution in [0.5, 0.6) is 0 Å². The molecule has 0 aliphatic rings. The normalized spacial score (nSPS) is 11.3. The number of ether oxygens (including phenoxy) is 1. The minimum atomic E-state index is -0.911. The molecule has 1 atom stereocenters. The largest absolute Gasteiger partial charge is 0.445 e. The summed E-state index contributed by atoms with van der Waals surface area (Å²) in [5, 5.41) is 2.47. The van der Waals surface area contributed by atoms with Gasteiger partial charge in [-0.25, -0.2) is 9.59 Å². The molecule has 0 aromatic heterocycles. The van der Waals surface area contributed by atoms with Crippen molar-refractivity contribution >= 4 is 12.1 Å². The van der Waals surface area contributed by atoms with Crippen molar-refractivity contribution in [2.45, 2.75) is 19.1 Å². The number of hydrogen-bond acceptors (Lipinski definition) is 5. The zero-order chi connectivity index (χ0) is 16.5. The second-order valence-corrected chi connectivity index (χ2v) is 4.89. The van der Waals surface area contributed by atoms with Crippen molar-refractivity contribution in [2.75, 3.05) is 0 Å². The molecule has 0 saturated carbocycles. The van der Waals surface area contributed by atoms with Crippen LogP contribution in [0.15, 0.2) is 60.7 Å². The predicted octanol–water partition coefficient (Wildman–Crippen LogP) is 1.94. The topological polar surface area (TPSA) is 90.6 Å². The predicted molar refractivity (Wildman–Crippen MR) is 84.0 cm³/mol. The van der Waals surface area contributed by atoms with Crippen molar-refractivity contribution < 1.29 is 19.2 Å². The van der Waals surface area contributed by atoms with Crippen LogP contribution >= 0.6 is 0 Å². The molecule has 0 spiro atoms. The zero-order valence-corrected chi connectivity index (χ0v) is 12.5. The third kappa shape index (κ3) is 5.44. The van der Waals surface area contributed by atoms with Gasteiger partial charge in [0, 0.05) is 6.42 Å². The third-order valence-electron chi connectivity index (χ3n) is 3.19. The molecule has 2 rings (SSSR count). The lowest BCUT2D eigenvalue weighted by atomic mass is 10.1. The maximum Gasteiger partial charge on any atom is 0.408 e. The van der Waals surface area contributed by atoms with Crippen LogP contribution in [0.1, 0.15) is 11.1 Å². The van der Waals surface area contributed by atoms with Crippen LogP contribution < -0.4 is 11.2 Å². The van der Waals surface area contributed by atoms with Crippen molar-refractivity contribution in [1.82, 2.24) is 5.32 Å². The van der Waals surface area contributed by atoms with Crippen LogP contribution in [0.3, 0.4) is 0 Å². The first-order valence-corrected chi connectivity index (χ1v) is 7.10. The highest BCUT2D eigenvalue weighted by Crippen LogP contribution is 2.05.